The van der Waals surface area contributed by atoms with Gasteiger partial charge < -0.3 is 14.0 Å². The van der Waals surface area contributed by atoms with E-state index in [9.17, 15) is 4.79 Å². The fourth-order valence-electron chi connectivity index (χ4n) is 3.52. The Balaban J connectivity index is 1.94. The second-order valence-corrected chi connectivity index (χ2v) is 6.54. The standard InChI is InChI=1S/C21H25NO3/c1-4-17-8-7-11-20(25-14-24-19-9-5-6-10-19)21(17)22-15(2)12-18(23)13-16(22)3/h4,7-8,11-13,19H,1,5-6,9-10,14H2,2-3H3. The molecule has 4 nitrogen and oxygen atoms in total. The molecule has 25 heavy (non-hydrogen) atoms. The highest BCUT2D eigenvalue weighted by Gasteiger charge is 2.17. The summed E-state index contributed by atoms with van der Waals surface area (Å²) in [5.74, 6) is 0.727. The van der Waals surface area contributed by atoms with E-state index in [0.29, 0.717) is 6.10 Å². The lowest BCUT2D eigenvalue weighted by atomic mass is 10.1. The summed E-state index contributed by atoms with van der Waals surface area (Å²) in [4.78, 5) is 11.8. The molecule has 0 aliphatic heterocycles. The SMILES string of the molecule is C=Cc1cccc(OCOC2CCCC2)c1-n1c(C)cc(=O)cc1C. The van der Waals surface area contributed by atoms with Crippen molar-refractivity contribution in [2.24, 2.45) is 0 Å². The van der Waals surface area contributed by atoms with Crippen LogP contribution in [0.15, 0.2) is 41.7 Å². The minimum Gasteiger partial charge on any atom is -0.465 e. The molecule has 0 unspecified atom stereocenters. The summed E-state index contributed by atoms with van der Waals surface area (Å²) < 4.78 is 13.8. The van der Waals surface area contributed by atoms with Gasteiger partial charge >= 0.3 is 0 Å². The number of nitrogens with zero attached hydrogens (tertiary/aromatic N) is 1. The third kappa shape index (κ3) is 3.85. The number of rotatable bonds is 6. The van der Waals surface area contributed by atoms with Crippen LogP contribution in [0.2, 0.25) is 0 Å². The molecule has 1 saturated carbocycles. The van der Waals surface area contributed by atoms with Crippen LogP contribution in [-0.4, -0.2) is 17.5 Å². The first-order valence-electron chi connectivity index (χ1n) is 8.80. The number of benzene rings is 1. The van der Waals surface area contributed by atoms with E-state index in [1.165, 1.54) is 12.8 Å². The molecule has 0 saturated heterocycles. The predicted molar refractivity (Wildman–Crippen MR) is 100 cm³/mol. The van der Waals surface area contributed by atoms with Crippen LogP contribution < -0.4 is 10.2 Å². The summed E-state index contributed by atoms with van der Waals surface area (Å²) in [7, 11) is 0. The van der Waals surface area contributed by atoms with E-state index in [-0.39, 0.29) is 12.2 Å². The smallest absolute Gasteiger partial charge is 0.189 e. The average Bonchev–Trinajstić information content (AvgIpc) is 3.08. The average molecular weight is 339 g/mol. The van der Waals surface area contributed by atoms with Crippen LogP contribution in [0.25, 0.3) is 11.8 Å². The van der Waals surface area contributed by atoms with E-state index in [1.54, 1.807) is 18.2 Å². The number of pyridine rings is 1. The van der Waals surface area contributed by atoms with Crippen LogP contribution in [0.3, 0.4) is 0 Å². The monoisotopic (exact) mass is 339 g/mol. The first-order chi connectivity index (χ1) is 12.1. The van der Waals surface area contributed by atoms with Crippen molar-refractivity contribution in [3.63, 3.8) is 0 Å². The zero-order valence-electron chi connectivity index (χ0n) is 15.0. The summed E-state index contributed by atoms with van der Waals surface area (Å²) in [6.07, 6.45) is 6.80. The maximum absolute atomic E-state index is 11.8. The Bertz CT molecular complexity index is 790. The number of ether oxygens (including phenoxy) is 2. The van der Waals surface area contributed by atoms with Crippen LogP contribution >= 0.6 is 0 Å². The third-order valence-corrected chi connectivity index (χ3v) is 4.70. The highest BCUT2D eigenvalue weighted by atomic mass is 16.7. The van der Waals surface area contributed by atoms with Crippen molar-refractivity contribution in [2.45, 2.75) is 45.6 Å². The van der Waals surface area contributed by atoms with Gasteiger partial charge in [-0.25, -0.2) is 0 Å². The van der Waals surface area contributed by atoms with Crippen molar-refractivity contribution in [2.75, 3.05) is 6.79 Å². The first kappa shape index (κ1) is 17.5. The van der Waals surface area contributed by atoms with E-state index < -0.39 is 0 Å². The lowest BCUT2D eigenvalue weighted by Crippen LogP contribution is -2.16. The number of hydrogen-bond acceptors (Lipinski definition) is 3. The molecule has 0 atom stereocenters. The van der Waals surface area contributed by atoms with Gasteiger partial charge in [0.1, 0.15) is 5.75 Å². The molecule has 0 spiro atoms. The quantitative estimate of drug-likeness (QED) is 0.733. The number of aromatic nitrogens is 1. The Morgan fingerprint density at radius 3 is 2.52 bits per heavy atom. The van der Waals surface area contributed by atoms with Crippen LogP contribution in [0.1, 0.15) is 42.6 Å². The van der Waals surface area contributed by atoms with Crippen molar-refractivity contribution >= 4 is 6.08 Å². The van der Waals surface area contributed by atoms with Crippen LogP contribution in [-0.2, 0) is 4.74 Å². The lowest BCUT2D eigenvalue weighted by Gasteiger charge is -2.21. The minimum absolute atomic E-state index is 0.00868. The number of para-hydroxylation sites is 1. The van der Waals surface area contributed by atoms with Crippen LogP contribution in [0.5, 0.6) is 5.75 Å². The molecule has 1 aliphatic rings. The molecule has 2 aromatic rings. The summed E-state index contributed by atoms with van der Waals surface area (Å²) in [5.41, 5.74) is 3.58. The normalized spacial score (nSPS) is 14.6. The van der Waals surface area contributed by atoms with Crippen molar-refractivity contribution in [3.8, 4) is 11.4 Å². The van der Waals surface area contributed by atoms with Gasteiger partial charge in [-0.15, -0.1) is 0 Å². The minimum atomic E-state index is 0.00868. The molecule has 0 amide bonds. The topological polar surface area (TPSA) is 40.5 Å². The molecule has 132 valence electrons. The van der Waals surface area contributed by atoms with Gasteiger partial charge in [-0.05, 0) is 32.8 Å². The highest BCUT2D eigenvalue weighted by Crippen LogP contribution is 2.30. The van der Waals surface area contributed by atoms with Crippen molar-refractivity contribution in [3.05, 3.63) is 64.1 Å². The fraction of sp³-hybridized carbons (Fsp3) is 0.381. The van der Waals surface area contributed by atoms with E-state index in [0.717, 1.165) is 41.2 Å². The molecule has 1 aliphatic carbocycles. The Morgan fingerprint density at radius 1 is 1.20 bits per heavy atom. The Morgan fingerprint density at radius 2 is 1.88 bits per heavy atom. The molecular formula is C21H25NO3. The summed E-state index contributed by atoms with van der Waals surface area (Å²) in [6, 6.07) is 9.12. The molecule has 0 N–H and O–H groups in total. The molecule has 1 heterocycles. The summed E-state index contributed by atoms with van der Waals surface area (Å²) >= 11 is 0. The Kier molecular flexibility index (Phi) is 5.39. The van der Waals surface area contributed by atoms with E-state index in [4.69, 9.17) is 9.47 Å². The molecule has 3 rings (SSSR count). The summed E-state index contributed by atoms with van der Waals surface area (Å²) in [6.45, 7) is 8.00. The van der Waals surface area contributed by atoms with Crippen molar-refractivity contribution in [1.29, 1.82) is 0 Å². The van der Waals surface area contributed by atoms with Gasteiger partial charge in [-0.1, -0.05) is 37.6 Å². The molecule has 0 radical (unpaired) electrons. The van der Waals surface area contributed by atoms with Crippen LogP contribution in [0.4, 0.5) is 0 Å². The van der Waals surface area contributed by atoms with Gasteiger partial charge in [-0.3, -0.25) is 4.79 Å². The van der Waals surface area contributed by atoms with Gasteiger partial charge in [0.15, 0.2) is 12.2 Å². The van der Waals surface area contributed by atoms with Crippen molar-refractivity contribution in [1.82, 2.24) is 4.57 Å². The van der Waals surface area contributed by atoms with E-state index in [2.05, 4.69) is 6.58 Å². The first-order valence-corrected chi connectivity index (χ1v) is 8.80. The van der Waals surface area contributed by atoms with E-state index >= 15 is 0 Å². The molecule has 1 aromatic heterocycles. The summed E-state index contributed by atoms with van der Waals surface area (Å²) in [5, 5.41) is 0. The van der Waals surface area contributed by atoms with Gasteiger partial charge in [0, 0.05) is 29.1 Å². The molecular weight excluding hydrogens is 314 g/mol. The van der Waals surface area contributed by atoms with Gasteiger partial charge in [0.2, 0.25) is 0 Å². The molecule has 4 heteroatoms. The number of aryl methyl sites for hydroxylation is 2. The molecule has 1 fully saturated rings. The third-order valence-electron chi connectivity index (χ3n) is 4.70. The number of hydrogen-bond donors (Lipinski definition) is 0. The van der Waals surface area contributed by atoms with Crippen molar-refractivity contribution < 1.29 is 9.47 Å². The Labute approximate surface area is 148 Å². The molecule has 0 bridgehead atoms. The predicted octanol–water partition coefficient (Wildman–Crippen LogP) is 4.39. The largest absolute Gasteiger partial charge is 0.465 e. The second kappa shape index (κ2) is 7.70. The zero-order chi connectivity index (χ0) is 17.8. The maximum atomic E-state index is 11.8. The highest BCUT2D eigenvalue weighted by molar-refractivity contribution is 5.66. The van der Waals surface area contributed by atoms with E-state index in [1.807, 2.05) is 36.6 Å². The van der Waals surface area contributed by atoms with Crippen LogP contribution in [0, 0.1) is 13.8 Å². The maximum Gasteiger partial charge on any atom is 0.189 e. The van der Waals surface area contributed by atoms with Gasteiger partial charge in [0.05, 0.1) is 11.8 Å². The second-order valence-electron chi connectivity index (χ2n) is 6.54. The fourth-order valence-corrected chi connectivity index (χ4v) is 3.52. The molecule has 1 aromatic carbocycles. The lowest BCUT2D eigenvalue weighted by molar-refractivity contribution is -0.0325. The Hall–Kier alpha value is -2.33. The van der Waals surface area contributed by atoms with Gasteiger partial charge in [0.25, 0.3) is 0 Å². The van der Waals surface area contributed by atoms with Gasteiger partial charge in [-0.2, -0.15) is 0 Å². The zero-order valence-corrected chi connectivity index (χ0v) is 15.0.